The Kier molecular flexibility index (Phi) is 8.62. The maximum atomic E-state index is 12.3. The van der Waals surface area contributed by atoms with Crippen molar-refractivity contribution in [3.63, 3.8) is 0 Å². The molecule has 0 fully saturated rings. The Morgan fingerprint density at radius 3 is 2.53 bits per heavy atom. The molecule has 0 saturated carbocycles. The Hall–Kier alpha value is -4.33. The highest BCUT2D eigenvalue weighted by Crippen LogP contribution is 2.28. The molecule has 0 aliphatic rings. The monoisotopic (exact) mass is 461 g/mol. The average Bonchev–Trinajstić information content (AvgIpc) is 2.84. The van der Waals surface area contributed by atoms with Crippen molar-refractivity contribution in [2.75, 3.05) is 25.6 Å². The molecule has 0 saturated heterocycles. The van der Waals surface area contributed by atoms with Crippen molar-refractivity contribution in [3.05, 3.63) is 83.4 Å². The average molecular weight is 462 g/mol. The predicted octanol–water partition coefficient (Wildman–Crippen LogP) is 4.18. The number of hydrogen-bond acceptors (Lipinski definition) is 6. The van der Waals surface area contributed by atoms with Gasteiger partial charge in [-0.25, -0.2) is 5.43 Å². The van der Waals surface area contributed by atoms with Gasteiger partial charge in [0.25, 0.3) is 11.8 Å². The summed E-state index contributed by atoms with van der Waals surface area (Å²) in [5.74, 6) is 0.797. The zero-order valence-corrected chi connectivity index (χ0v) is 19.3. The second-order valence-electron chi connectivity index (χ2n) is 7.24. The summed E-state index contributed by atoms with van der Waals surface area (Å²) in [6, 6.07) is 19.5. The molecule has 0 unspecified atom stereocenters. The third kappa shape index (κ3) is 6.83. The van der Waals surface area contributed by atoms with Crippen molar-refractivity contribution in [3.8, 4) is 17.2 Å². The molecule has 0 bridgehead atoms. The summed E-state index contributed by atoms with van der Waals surface area (Å²) in [5.41, 5.74) is 5.28. The van der Waals surface area contributed by atoms with Gasteiger partial charge in [-0.2, -0.15) is 5.10 Å². The van der Waals surface area contributed by atoms with E-state index < -0.39 is 0 Å². The molecule has 8 heteroatoms. The number of carbonyl (C=O) groups excluding carboxylic acids is 2. The van der Waals surface area contributed by atoms with Crippen LogP contribution >= 0.6 is 0 Å². The van der Waals surface area contributed by atoms with E-state index >= 15 is 0 Å². The number of methoxy groups -OCH3 is 1. The number of aryl methyl sites for hydroxylation is 1. The van der Waals surface area contributed by atoms with Crippen LogP contribution in [0.15, 0.2) is 71.8 Å². The van der Waals surface area contributed by atoms with Gasteiger partial charge in [-0.15, -0.1) is 0 Å². The van der Waals surface area contributed by atoms with Crippen LogP contribution in [0.2, 0.25) is 0 Å². The Morgan fingerprint density at radius 1 is 0.941 bits per heavy atom. The highest BCUT2D eigenvalue weighted by Gasteiger charge is 2.11. The summed E-state index contributed by atoms with van der Waals surface area (Å²) in [5, 5.41) is 6.78. The number of hydrazone groups is 1. The fourth-order valence-electron chi connectivity index (χ4n) is 3.09. The number of rotatable bonds is 10. The normalized spacial score (nSPS) is 10.6. The number of anilines is 1. The summed E-state index contributed by atoms with van der Waals surface area (Å²) < 4.78 is 16.6. The van der Waals surface area contributed by atoms with Crippen molar-refractivity contribution < 1.29 is 23.8 Å². The van der Waals surface area contributed by atoms with Crippen LogP contribution in [0.4, 0.5) is 5.69 Å². The standard InChI is InChI=1S/C26H27N3O5/c1-4-33-24-15-19(16-27-29-26(31)20-9-7-8-18(2)14-20)12-13-23(24)34-17-25(30)28-21-10-5-6-11-22(21)32-3/h5-16H,4,17H2,1-3H3,(H,28,30)(H,29,31)/b27-16+. The van der Waals surface area contributed by atoms with Gasteiger partial charge in [-0.05, 0) is 61.9 Å². The van der Waals surface area contributed by atoms with E-state index in [0.29, 0.717) is 40.7 Å². The van der Waals surface area contributed by atoms with Crippen LogP contribution in [0.3, 0.4) is 0 Å². The van der Waals surface area contributed by atoms with Gasteiger partial charge >= 0.3 is 0 Å². The first-order valence-corrected chi connectivity index (χ1v) is 10.7. The van der Waals surface area contributed by atoms with Gasteiger partial charge in [0.2, 0.25) is 0 Å². The molecule has 0 radical (unpaired) electrons. The van der Waals surface area contributed by atoms with E-state index in [0.717, 1.165) is 5.56 Å². The van der Waals surface area contributed by atoms with Crippen LogP contribution in [0.5, 0.6) is 17.2 Å². The SMILES string of the molecule is CCOc1cc(/C=N/NC(=O)c2cccc(C)c2)ccc1OCC(=O)Nc1ccccc1OC. The molecule has 0 aliphatic carbocycles. The van der Waals surface area contributed by atoms with Gasteiger partial charge in [0.05, 0.1) is 25.6 Å². The molecular weight excluding hydrogens is 434 g/mol. The quantitative estimate of drug-likeness (QED) is 0.349. The van der Waals surface area contributed by atoms with Crippen LogP contribution in [0.1, 0.15) is 28.4 Å². The van der Waals surface area contributed by atoms with Gasteiger partial charge in [0, 0.05) is 5.56 Å². The lowest BCUT2D eigenvalue weighted by atomic mass is 10.1. The summed E-state index contributed by atoms with van der Waals surface area (Å²) >= 11 is 0. The number of carbonyl (C=O) groups is 2. The first-order valence-electron chi connectivity index (χ1n) is 10.7. The molecule has 3 aromatic carbocycles. The zero-order valence-electron chi connectivity index (χ0n) is 19.3. The van der Waals surface area contributed by atoms with Crippen LogP contribution in [-0.2, 0) is 4.79 Å². The minimum absolute atomic E-state index is 0.210. The Morgan fingerprint density at radius 2 is 1.76 bits per heavy atom. The number of hydrogen-bond donors (Lipinski definition) is 2. The zero-order chi connectivity index (χ0) is 24.3. The number of nitrogens with zero attached hydrogens (tertiary/aromatic N) is 1. The molecule has 0 aliphatic heterocycles. The van der Waals surface area contributed by atoms with Gasteiger partial charge in [0.15, 0.2) is 18.1 Å². The maximum absolute atomic E-state index is 12.3. The van der Waals surface area contributed by atoms with Crippen molar-refractivity contribution in [1.82, 2.24) is 5.43 Å². The van der Waals surface area contributed by atoms with Crippen LogP contribution in [0, 0.1) is 6.92 Å². The fraction of sp³-hybridized carbons (Fsp3) is 0.192. The number of benzene rings is 3. The van der Waals surface area contributed by atoms with E-state index in [2.05, 4.69) is 15.8 Å². The Bertz CT molecular complexity index is 1180. The lowest BCUT2D eigenvalue weighted by Crippen LogP contribution is -2.20. The highest BCUT2D eigenvalue weighted by atomic mass is 16.5. The number of ether oxygens (including phenoxy) is 3. The van der Waals surface area contributed by atoms with E-state index in [1.165, 1.54) is 13.3 Å². The first kappa shape index (κ1) is 24.3. The third-order valence-electron chi connectivity index (χ3n) is 4.67. The van der Waals surface area contributed by atoms with Crippen molar-refractivity contribution in [2.24, 2.45) is 5.10 Å². The van der Waals surface area contributed by atoms with Crippen molar-refractivity contribution in [1.29, 1.82) is 0 Å². The molecule has 8 nitrogen and oxygen atoms in total. The minimum Gasteiger partial charge on any atom is -0.495 e. The number of amides is 2. The lowest BCUT2D eigenvalue weighted by Gasteiger charge is -2.13. The van der Waals surface area contributed by atoms with Crippen LogP contribution in [0.25, 0.3) is 0 Å². The van der Waals surface area contributed by atoms with E-state index in [-0.39, 0.29) is 18.4 Å². The van der Waals surface area contributed by atoms with Crippen molar-refractivity contribution in [2.45, 2.75) is 13.8 Å². The molecule has 3 aromatic rings. The van der Waals surface area contributed by atoms with E-state index in [1.54, 1.807) is 48.5 Å². The molecule has 0 spiro atoms. The minimum atomic E-state index is -0.337. The molecule has 3 rings (SSSR count). The van der Waals surface area contributed by atoms with Gasteiger partial charge in [-0.3, -0.25) is 9.59 Å². The largest absolute Gasteiger partial charge is 0.495 e. The summed E-state index contributed by atoms with van der Waals surface area (Å²) in [6.45, 7) is 3.97. The van der Waals surface area contributed by atoms with Gasteiger partial charge in [-0.1, -0.05) is 29.8 Å². The molecular formula is C26H27N3O5. The molecule has 34 heavy (non-hydrogen) atoms. The second kappa shape index (κ2) is 12.1. The Balaban J connectivity index is 1.61. The fourth-order valence-corrected chi connectivity index (χ4v) is 3.09. The van der Waals surface area contributed by atoms with Crippen molar-refractivity contribution >= 4 is 23.7 Å². The van der Waals surface area contributed by atoms with Crippen LogP contribution < -0.4 is 25.0 Å². The lowest BCUT2D eigenvalue weighted by molar-refractivity contribution is -0.118. The first-order chi connectivity index (χ1) is 16.5. The summed E-state index contributed by atoms with van der Waals surface area (Å²) in [6.07, 6.45) is 1.51. The van der Waals surface area contributed by atoms with E-state index in [1.807, 2.05) is 32.0 Å². The highest BCUT2D eigenvalue weighted by molar-refractivity contribution is 5.95. The number of para-hydroxylation sites is 2. The number of nitrogens with one attached hydrogen (secondary N) is 2. The maximum Gasteiger partial charge on any atom is 0.271 e. The Labute approximate surface area is 198 Å². The van der Waals surface area contributed by atoms with Crippen LogP contribution in [-0.4, -0.2) is 38.4 Å². The summed E-state index contributed by atoms with van der Waals surface area (Å²) in [4.78, 5) is 24.6. The second-order valence-corrected chi connectivity index (χ2v) is 7.24. The molecule has 176 valence electrons. The molecule has 2 amide bonds. The van der Waals surface area contributed by atoms with Gasteiger partial charge in [0.1, 0.15) is 5.75 Å². The topological polar surface area (TPSA) is 98.3 Å². The summed E-state index contributed by atoms with van der Waals surface area (Å²) in [7, 11) is 1.54. The molecule has 0 atom stereocenters. The molecule has 2 N–H and O–H groups in total. The molecule has 0 aromatic heterocycles. The van der Waals surface area contributed by atoms with Gasteiger partial charge < -0.3 is 19.5 Å². The van der Waals surface area contributed by atoms with E-state index in [4.69, 9.17) is 14.2 Å². The smallest absolute Gasteiger partial charge is 0.271 e. The third-order valence-corrected chi connectivity index (χ3v) is 4.67. The van der Waals surface area contributed by atoms with E-state index in [9.17, 15) is 9.59 Å². The predicted molar refractivity (Wildman–Crippen MR) is 131 cm³/mol. The molecule has 0 heterocycles.